The van der Waals surface area contributed by atoms with E-state index < -0.39 is 29.7 Å². The quantitative estimate of drug-likeness (QED) is 0.410. The van der Waals surface area contributed by atoms with Crippen LogP contribution in [0.5, 0.6) is 0 Å². The first-order chi connectivity index (χ1) is 17.9. The first-order valence-corrected chi connectivity index (χ1v) is 12.7. The molecule has 3 rings (SSSR count). The highest BCUT2D eigenvalue weighted by molar-refractivity contribution is 5.99. The molecule has 3 amide bonds. The average Bonchev–Trinajstić information content (AvgIpc) is 2.84. The van der Waals surface area contributed by atoms with Crippen molar-refractivity contribution in [1.82, 2.24) is 10.2 Å². The van der Waals surface area contributed by atoms with E-state index >= 15 is 0 Å². The van der Waals surface area contributed by atoms with E-state index in [1.54, 1.807) is 27.8 Å². The summed E-state index contributed by atoms with van der Waals surface area (Å²) in [7, 11) is 1.58. The lowest BCUT2D eigenvalue weighted by Gasteiger charge is -2.32. The molecule has 3 aromatic rings. The smallest absolute Gasteiger partial charge is 0.408 e. The molecule has 0 aromatic heterocycles. The predicted octanol–water partition coefficient (Wildman–Crippen LogP) is 5.58. The molecule has 0 fully saturated rings. The van der Waals surface area contributed by atoms with Gasteiger partial charge in [-0.3, -0.25) is 9.59 Å². The van der Waals surface area contributed by atoms with Crippen molar-refractivity contribution in [3.05, 3.63) is 101 Å². The molecule has 0 aliphatic heterocycles. The summed E-state index contributed by atoms with van der Waals surface area (Å²) in [5.41, 5.74) is 3.35. The monoisotopic (exact) mass is 515 g/mol. The van der Waals surface area contributed by atoms with E-state index in [2.05, 4.69) is 10.6 Å². The molecule has 0 radical (unpaired) electrons. The van der Waals surface area contributed by atoms with Gasteiger partial charge in [0, 0.05) is 19.2 Å². The molecule has 0 aliphatic carbocycles. The Kier molecular flexibility index (Phi) is 9.29. The topological polar surface area (TPSA) is 87.7 Å². The van der Waals surface area contributed by atoms with E-state index in [4.69, 9.17) is 4.74 Å². The predicted molar refractivity (Wildman–Crippen MR) is 150 cm³/mol. The fourth-order valence-electron chi connectivity index (χ4n) is 4.18. The van der Waals surface area contributed by atoms with Gasteiger partial charge in [0.2, 0.25) is 5.91 Å². The Bertz CT molecular complexity index is 1270. The van der Waals surface area contributed by atoms with Crippen LogP contribution in [0.25, 0.3) is 0 Å². The van der Waals surface area contributed by atoms with Gasteiger partial charge in [0.25, 0.3) is 5.91 Å². The average molecular weight is 516 g/mol. The number of para-hydroxylation sites is 1. The van der Waals surface area contributed by atoms with E-state index in [1.165, 1.54) is 4.90 Å². The lowest BCUT2D eigenvalue weighted by atomic mass is 9.99. The fraction of sp³-hybridized carbons (Fsp3) is 0.323. The van der Waals surface area contributed by atoms with Gasteiger partial charge < -0.3 is 20.3 Å². The van der Waals surface area contributed by atoms with Gasteiger partial charge in [-0.25, -0.2) is 4.79 Å². The van der Waals surface area contributed by atoms with Gasteiger partial charge in [-0.2, -0.15) is 0 Å². The van der Waals surface area contributed by atoms with E-state index in [0.717, 1.165) is 16.7 Å². The molecule has 200 valence electrons. The molecule has 0 heterocycles. The third-order valence-corrected chi connectivity index (χ3v) is 6.02. The molecule has 0 aliphatic rings. The molecule has 38 heavy (non-hydrogen) atoms. The normalized spacial score (nSPS) is 12.7. The minimum absolute atomic E-state index is 0.239. The molecular formula is C31H37N3O4. The third-order valence-electron chi connectivity index (χ3n) is 6.02. The first-order valence-electron chi connectivity index (χ1n) is 12.7. The second kappa shape index (κ2) is 12.4. The summed E-state index contributed by atoms with van der Waals surface area (Å²) in [6.45, 7) is 9.12. The highest BCUT2D eigenvalue weighted by Gasteiger charge is 2.34. The van der Waals surface area contributed by atoms with Gasteiger partial charge in [0.05, 0.1) is 0 Å². The third kappa shape index (κ3) is 7.93. The molecule has 0 saturated carbocycles. The Hall–Kier alpha value is -4.13. The van der Waals surface area contributed by atoms with Crippen molar-refractivity contribution in [2.75, 3.05) is 12.4 Å². The van der Waals surface area contributed by atoms with Gasteiger partial charge in [0.1, 0.15) is 17.7 Å². The molecule has 0 bridgehead atoms. The van der Waals surface area contributed by atoms with Gasteiger partial charge in [-0.05, 0) is 57.4 Å². The number of nitrogens with zero attached hydrogens (tertiary/aromatic N) is 1. The van der Waals surface area contributed by atoms with Crippen LogP contribution in [0.4, 0.5) is 10.5 Å². The van der Waals surface area contributed by atoms with Crippen molar-refractivity contribution in [3.63, 3.8) is 0 Å². The van der Waals surface area contributed by atoms with Gasteiger partial charge in [-0.15, -0.1) is 0 Å². The summed E-state index contributed by atoms with van der Waals surface area (Å²) < 4.78 is 5.44. The number of amides is 3. The first kappa shape index (κ1) is 28.4. The second-order valence-corrected chi connectivity index (χ2v) is 10.5. The molecule has 3 aromatic carbocycles. The summed E-state index contributed by atoms with van der Waals surface area (Å²) in [4.78, 5) is 41.7. The molecule has 0 saturated heterocycles. The van der Waals surface area contributed by atoms with E-state index in [1.807, 2.05) is 92.7 Å². The number of nitrogens with one attached hydrogen (secondary N) is 2. The number of hydrogen-bond acceptors (Lipinski definition) is 4. The van der Waals surface area contributed by atoms with Crippen molar-refractivity contribution in [3.8, 4) is 0 Å². The highest BCUT2D eigenvalue weighted by atomic mass is 16.6. The molecule has 2 atom stereocenters. The molecule has 7 nitrogen and oxygen atoms in total. The highest BCUT2D eigenvalue weighted by Crippen LogP contribution is 2.25. The van der Waals surface area contributed by atoms with Gasteiger partial charge in [-0.1, -0.05) is 78.4 Å². The number of carbonyl (C=O) groups excluding carboxylic acids is 3. The number of benzene rings is 3. The van der Waals surface area contributed by atoms with Crippen LogP contribution in [0.1, 0.15) is 49.1 Å². The maximum absolute atomic E-state index is 13.9. The Labute approximate surface area is 225 Å². The molecule has 2 N–H and O–H groups in total. The minimum atomic E-state index is -0.948. The number of aryl methyl sites for hydroxylation is 2. The summed E-state index contributed by atoms with van der Waals surface area (Å²) in [6, 6.07) is 22.5. The van der Waals surface area contributed by atoms with Crippen LogP contribution in [-0.4, -0.2) is 41.5 Å². The van der Waals surface area contributed by atoms with Crippen LogP contribution in [0, 0.1) is 13.8 Å². The number of alkyl carbamates (subject to hydrolysis) is 1. The minimum Gasteiger partial charge on any atom is -0.444 e. The Morgan fingerprint density at radius 2 is 1.55 bits per heavy atom. The van der Waals surface area contributed by atoms with Crippen molar-refractivity contribution in [2.45, 2.75) is 58.7 Å². The number of carbonyl (C=O) groups is 3. The number of ether oxygens (including phenoxy) is 1. The molecular weight excluding hydrogens is 478 g/mol. The molecule has 0 spiro atoms. The number of anilines is 1. The zero-order chi connectivity index (χ0) is 27.9. The van der Waals surface area contributed by atoms with Crippen molar-refractivity contribution in [1.29, 1.82) is 0 Å². The number of hydrogen-bond donors (Lipinski definition) is 2. The lowest BCUT2D eigenvalue weighted by molar-refractivity contribution is -0.139. The molecule has 2 unspecified atom stereocenters. The van der Waals surface area contributed by atoms with Crippen molar-refractivity contribution >= 4 is 23.6 Å². The zero-order valence-electron chi connectivity index (χ0n) is 22.9. The van der Waals surface area contributed by atoms with Crippen LogP contribution in [0.15, 0.2) is 78.9 Å². The summed E-state index contributed by atoms with van der Waals surface area (Å²) in [5, 5.41) is 5.71. The van der Waals surface area contributed by atoms with Crippen LogP contribution in [-0.2, 0) is 20.7 Å². The van der Waals surface area contributed by atoms with Crippen LogP contribution >= 0.6 is 0 Å². The summed E-state index contributed by atoms with van der Waals surface area (Å²) in [5.74, 6) is -0.761. The van der Waals surface area contributed by atoms with Crippen LogP contribution in [0.2, 0.25) is 0 Å². The zero-order valence-corrected chi connectivity index (χ0v) is 22.9. The van der Waals surface area contributed by atoms with Gasteiger partial charge in [0.15, 0.2) is 0 Å². The number of likely N-dealkylation sites (N-methyl/N-ethyl adjacent to an activating group) is 1. The summed E-state index contributed by atoms with van der Waals surface area (Å²) in [6.07, 6.45) is -0.458. The Morgan fingerprint density at radius 1 is 0.895 bits per heavy atom. The lowest BCUT2D eigenvalue weighted by Crippen LogP contribution is -2.52. The van der Waals surface area contributed by atoms with Crippen LogP contribution in [0.3, 0.4) is 0 Å². The van der Waals surface area contributed by atoms with Crippen LogP contribution < -0.4 is 10.6 Å². The Balaban J connectivity index is 1.95. The second-order valence-electron chi connectivity index (χ2n) is 10.5. The van der Waals surface area contributed by atoms with Gasteiger partial charge >= 0.3 is 6.09 Å². The number of rotatable bonds is 8. The van der Waals surface area contributed by atoms with E-state index in [9.17, 15) is 14.4 Å². The summed E-state index contributed by atoms with van der Waals surface area (Å²) >= 11 is 0. The van der Waals surface area contributed by atoms with Crippen molar-refractivity contribution < 1.29 is 19.1 Å². The molecule has 7 heteroatoms. The van der Waals surface area contributed by atoms with E-state index in [-0.39, 0.29) is 12.3 Å². The van der Waals surface area contributed by atoms with E-state index in [0.29, 0.717) is 11.3 Å². The maximum atomic E-state index is 13.9. The standard InChI is InChI=1S/C31H37N3O4/c1-21-13-12-17-24(19-21)27(28(35)32-25-18-11-10-14-22(25)2)34(6)29(36)26(20-23-15-8-7-9-16-23)33-30(37)38-31(3,4)5/h7-19,26-27H,20H2,1-6H3,(H,32,35)(H,33,37). The largest absolute Gasteiger partial charge is 0.444 e. The van der Waals surface area contributed by atoms with Crippen molar-refractivity contribution in [2.24, 2.45) is 0 Å². The Morgan fingerprint density at radius 3 is 2.18 bits per heavy atom. The fourth-order valence-corrected chi connectivity index (χ4v) is 4.18. The SMILES string of the molecule is Cc1cccc(C(C(=O)Nc2ccccc2C)N(C)C(=O)C(Cc2ccccc2)NC(=O)OC(C)(C)C)c1. The maximum Gasteiger partial charge on any atom is 0.408 e.